The molecule has 1 aliphatic heterocycles. The SMILES string of the molecule is CN1C(=O)N[C@H](c2cccc(F)c2)C2=C1CCCC2=O. The van der Waals surface area contributed by atoms with Crippen molar-refractivity contribution in [1.82, 2.24) is 10.2 Å². The van der Waals surface area contributed by atoms with Gasteiger partial charge in [-0.25, -0.2) is 9.18 Å². The largest absolute Gasteiger partial charge is 0.327 e. The number of rotatable bonds is 1. The standard InChI is InChI=1S/C15H15FN2O2/c1-18-11-6-3-7-12(19)13(11)14(17-15(18)20)9-4-2-5-10(16)8-9/h2,4-5,8,14H,3,6-7H2,1H3,(H,17,20)/t14-/m1/s1. The third-order valence-electron chi connectivity index (χ3n) is 3.88. The van der Waals surface area contributed by atoms with Crippen molar-refractivity contribution >= 4 is 11.8 Å². The number of carbonyl (C=O) groups excluding carboxylic acids is 2. The lowest BCUT2D eigenvalue weighted by Crippen LogP contribution is -2.47. The summed E-state index contributed by atoms with van der Waals surface area (Å²) in [5.41, 5.74) is 1.97. The Morgan fingerprint density at radius 2 is 2.10 bits per heavy atom. The maximum Gasteiger partial charge on any atom is 0.322 e. The summed E-state index contributed by atoms with van der Waals surface area (Å²) in [5, 5.41) is 2.78. The molecule has 4 nitrogen and oxygen atoms in total. The van der Waals surface area contributed by atoms with E-state index in [1.807, 2.05) is 0 Å². The smallest absolute Gasteiger partial charge is 0.322 e. The molecule has 0 bridgehead atoms. The van der Waals surface area contributed by atoms with E-state index in [1.165, 1.54) is 17.0 Å². The van der Waals surface area contributed by atoms with Crippen molar-refractivity contribution in [2.45, 2.75) is 25.3 Å². The Labute approximate surface area is 116 Å². The molecule has 1 atom stereocenters. The Hall–Kier alpha value is -2.17. The van der Waals surface area contributed by atoms with Crippen LogP contribution < -0.4 is 5.32 Å². The molecule has 3 rings (SSSR count). The summed E-state index contributed by atoms with van der Waals surface area (Å²) in [6, 6.07) is 5.22. The minimum Gasteiger partial charge on any atom is -0.327 e. The zero-order valence-electron chi connectivity index (χ0n) is 11.1. The number of benzene rings is 1. The Balaban J connectivity index is 2.12. The number of Topliss-reactive ketones (excluding diaryl/α,β-unsaturated/α-hetero) is 1. The fourth-order valence-corrected chi connectivity index (χ4v) is 2.87. The van der Waals surface area contributed by atoms with Crippen LogP contribution in [0.15, 0.2) is 35.5 Å². The first-order chi connectivity index (χ1) is 9.58. The number of carbonyl (C=O) groups is 2. The molecule has 0 saturated heterocycles. The molecule has 0 fully saturated rings. The summed E-state index contributed by atoms with van der Waals surface area (Å²) in [5.74, 6) is -0.339. The molecular formula is C15H15FN2O2. The highest BCUT2D eigenvalue weighted by Crippen LogP contribution is 2.36. The van der Waals surface area contributed by atoms with Crippen LogP contribution in [-0.2, 0) is 4.79 Å². The number of nitrogens with zero attached hydrogens (tertiary/aromatic N) is 1. The molecule has 0 unspecified atom stereocenters. The van der Waals surface area contributed by atoms with Crippen molar-refractivity contribution in [3.63, 3.8) is 0 Å². The highest BCUT2D eigenvalue weighted by molar-refractivity contribution is 6.00. The van der Waals surface area contributed by atoms with Gasteiger partial charge in [-0.1, -0.05) is 12.1 Å². The van der Waals surface area contributed by atoms with Crippen LogP contribution in [-0.4, -0.2) is 23.8 Å². The normalized spacial score (nSPS) is 22.7. The molecule has 1 aromatic carbocycles. The number of allylic oxidation sites excluding steroid dienone is 1. The average molecular weight is 274 g/mol. The van der Waals surface area contributed by atoms with E-state index in [9.17, 15) is 14.0 Å². The van der Waals surface area contributed by atoms with Crippen LogP contribution in [0.25, 0.3) is 0 Å². The van der Waals surface area contributed by atoms with E-state index in [2.05, 4.69) is 5.32 Å². The van der Waals surface area contributed by atoms with Crippen LogP contribution >= 0.6 is 0 Å². The molecular weight excluding hydrogens is 259 g/mol. The lowest BCUT2D eigenvalue weighted by molar-refractivity contribution is -0.116. The molecule has 0 saturated carbocycles. The van der Waals surface area contributed by atoms with Gasteiger partial charge in [-0.2, -0.15) is 0 Å². The maximum absolute atomic E-state index is 13.4. The topological polar surface area (TPSA) is 49.4 Å². The lowest BCUT2D eigenvalue weighted by Gasteiger charge is -2.37. The number of hydrogen-bond donors (Lipinski definition) is 1. The van der Waals surface area contributed by atoms with Gasteiger partial charge in [-0.05, 0) is 30.5 Å². The van der Waals surface area contributed by atoms with Crippen LogP contribution in [0.3, 0.4) is 0 Å². The van der Waals surface area contributed by atoms with Gasteiger partial charge in [0.25, 0.3) is 0 Å². The van der Waals surface area contributed by atoms with Gasteiger partial charge in [0.15, 0.2) is 5.78 Å². The molecule has 2 amide bonds. The van der Waals surface area contributed by atoms with Gasteiger partial charge in [-0.3, -0.25) is 4.79 Å². The highest BCUT2D eigenvalue weighted by atomic mass is 19.1. The fourth-order valence-electron chi connectivity index (χ4n) is 2.87. The molecule has 1 N–H and O–H groups in total. The minimum atomic E-state index is -0.544. The van der Waals surface area contributed by atoms with E-state index in [0.717, 1.165) is 12.1 Å². The summed E-state index contributed by atoms with van der Waals surface area (Å²) in [6.45, 7) is 0. The van der Waals surface area contributed by atoms with Gasteiger partial charge in [0.1, 0.15) is 5.82 Å². The molecule has 1 aliphatic carbocycles. The van der Waals surface area contributed by atoms with E-state index in [0.29, 0.717) is 24.0 Å². The van der Waals surface area contributed by atoms with Crippen molar-refractivity contribution in [2.75, 3.05) is 7.05 Å². The van der Waals surface area contributed by atoms with Gasteiger partial charge in [0, 0.05) is 24.7 Å². The molecule has 104 valence electrons. The van der Waals surface area contributed by atoms with Gasteiger partial charge >= 0.3 is 6.03 Å². The Morgan fingerprint density at radius 1 is 1.30 bits per heavy atom. The first kappa shape index (κ1) is 12.8. The molecule has 0 aromatic heterocycles. The van der Waals surface area contributed by atoms with E-state index in [4.69, 9.17) is 0 Å². The van der Waals surface area contributed by atoms with Crippen molar-refractivity contribution in [3.05, 3.63) is 46.9 Å². The van der Waals surface area contributed by atoms with Crippen LogP contribution in [0.4, 0.5) is 9.18 Å². The number of ketones is 1. The Kier molecular flexibility index (Phi) is 3.04. The molecule has 5 heteroatoms. The Bertz CT molecular complexity index is 624. The first-order valence-corrected chi connectivity index (χ1v) is 6.64. The second kappa shape index (κ2) is 4.74. The van der Waals surface area contributed by atoms with Crippen LogP contribution in [0, 0.1) is 5.82 Å². The second-order valence-electron chi connectivity index (χ2n) is 5.13. The van der Waals surface area contributed by atoms with E-state index in [-0.39, 0.29) is 17.6 Å². The second-order valence-corrected chi connectivity index (χ2v) is 5.13. The van der Waals surface area contributed by atoms with Crippen molar-refractivity contribution in [3.8, 4) is 0 Å². The predicted molar refractivity (Wildman–Crippen MR) is 71.3 cm³/mol. The number of halogens is 1. The maximum atomic E-state index is 13.4. The summed E-state index contributed by atoms with van der Waals surface area (Å²) in [6.07, 6.45) is 1.94. The third kappa shape index (κ3) is 1.99. The summed E-state index contributed by atoms with van der Waals surface area (Å²) in [4.78, 5) is 25.7. The van der Waals surface area contributed by atoms with Gasteiger partial charge < -0.3 is 10.2 Å². The zero-order chi connectivity index (χ0) is 14.3. The average Bonchev–Trinajstić information content (AvgIpc) is 2.43. The van der Waals surface area contributed by atoms with Gasteiger partial charge in [-0.15, -0.1) is 0 Å². The van der Waals surface area contributed by atoms with Gasteiger partial charge in [0.2, 0.25) is 0 Å². The zero-order valence-corrected chi connectivity index (χ0v) is 11.1. The number of urea groups is 1. The first-order valence-electron chi connectivity index (χ1n) is 6.64. The number of amides is 2. The Morgan fingerprint density at radius 3 is 2.85 bits per heavy atom. The minimum absolute atomic E-state index is 0.0346. The predicted octanol–water partition coefficient (Wildman–Crippen LogP) is 2.53. The number of hydrogen-bond acceptors (Lipinski definition) is 2. The van der Waals surface area contributed by atoms with Crippen LogP contribution in [0.1, 0.15) is 30.9 Å². The third-order valence-corrected chi connectivity index (χ3v) is 3.88. The summed E-state index contributed by atoms with van der Waals surface area (Å²) >= 11 is 0. The molecule has 0 spiro atoms. The monoisotopic (exact) mass is 274 g/mol. The quantitative estimate of drug-likeness (QED) is 0.855. The molecule has 1 heterocycles. The van der Waals surface area contributed by atoms with Crippen molar-refractivity contribution in [1.29, 1.82) is 0 Å². The van der Waals surface area contributed by atoms with Gasteiger partial charge in [0.05, 0.1) is 6.04 Å². The van der Waals surface area contributed by atoms with Crippen LogP contribution in [0.2, 0.25) is 0 Å². The van der Waals surface area contributed by atoms with E-state index < -0.39 is 6.04 Å². The van der Waals surface area contributed by atoms with Crippen molar-refractivity contribution < 1.29 is 14.0 Å². The van der Waals surface area contributed by atoms with Crippen LogP contribution in [0.5, 0.6) is 0 Å². The molecule has 0 radical (unpaired) electrons. The van der Waals surface area contributed by atoms with E-state index >= 15 is 0 Å². The lowest BCUT2D eigenvalue weighted by atomic mass is 9.85. The molecule has 20 heavy (non-hydrogen) atoms. The summed E-state index contributed by atoms with van der Waals surface area (Å²) in [7, 11) is 1.66. The van der Waals surface area contributed by atoms with E-state index in [1.54, 1.807) is 19.2 Å². The number of nitrogens with one attached hydrogen (secondary N) is 1. The molecule has 2 aliphatic rings. The highest BCUT2D eigenvalue weighted by Gasteiger charge is 2.37. The van der Waals surface area contributed by atoms with Crippen molar-refractivity contribution in [2.24, 2.45) is 0 Å². The molecule has 1 aromatic rings. The fraction of sp³-hybridized carbons (Fsp3) is 0.333. The summed E-state index contributed by atoms with van der Waals surface area (Å²) < 4.78 is 13.4.